The van der Waals surface area contributed by atoms with Crippen LogP contribution >= 0.6 is 22.6 Å². The summed E-state index contributed by atoms with van der Waals surface area (Å²) in [6, 6.07) is 1.27. The van der Waals surface area contributed by atoms with Gasteiger partial charge >= 0.3 is 0 Å². The van der Waals surface area contributed by atoms with E-state index in [9.17, 15) is 5.11 Å². The van der Waals surface area contributed by atoms with E-state index in [0.717, 1.165) is 4.43 Å². The monoisotopic (exact) mass is 330 g/mol. The quantitative estimate of drug-likeness (QED) is 0.351. The maximum Gasteiger partial charge on any atom is 0.159 e. The van der Waals surface area contributed by atoms with Crippen molar-refractivity contribution in [3.8, 4) is 0 Å². The Morgan fingerprint density at radius 2 is 1.86 bits per heavy atom. The first-order valence-electron chi connectivity index (χ1n) is 5.06. The van der Waals surface area contributed by atoms with Gasteiger partial charge in [0.1, 0.15) is 0 Å². The van der Waals surface area contributed by atoms with Gasteiger partial charge in [0.25, 0.3) is 0 Å². The van der Waals surface area contributed by atoms with Gasteiger partial charge in [-0.05, 0) is 19.8 Å². The van der Waals surface area contributed by atoms with Gasteiger partial charge in [-0.25, -0.2) is 0 Å². The van der Waals surface area contributed by atoms with E-state index in [-0.39, 0.29) is 0 Å². The Kier molecular flexibility index (Phi) is 6.18. The Morgan fingerprint density at radius 1 is 1.36 bits per heavy atom. The molecule has 1 N–H and O–H groups in total. The molecule has 0 fully saturated rings. The molecule has 0 aromatic rings. The summed E-state index contributed by atoms with van der Waals surface area (Å²) in [7, 11) is -1.00. The van der Waals surface area contributed by atoms with Crippen LogP contribution in [0, 0.1) is 5.92 Å². The molecule has 0 aromatic carbocycles. The molecule has 0 aliphatic rings. The standard InChI is InChI=1S/C10H23IO2Si/c1-10(2,12)13-7-9(6-11)8-14(3,4)5/h9,12H,6-8H2,1-5H3. The van der Waals surface area contributed by atoms with Crippen LogP contribution in [0.3, 0.4) is 0 Å². The number of rotatable bonds is 6. The minimum atomic E-state index is -1.00. The summed E-state index contributed by atoms with van der Waals surface area (Å²) in [5, 5.41) is 9.45. The van der Waals surface area contributed by atoms with E-state index in [0.29, 0.717) is 12.5 Å². The number of halogens is 1. The molecule has 0 spiro atoms. The smallest absolute Gasteiger partial charge is 0.159 e. The van der Waals surface area contributed by atoms with Crippen molar-refractivity contribution in [1.82, 2.24) is 0 Å². The fourth-order valence-corrected chi connectivity index (χ4v) is 4.49. The average Bonchev–Trinajstić information content (AvgIpc) is 1.94. The first-order valence-corrected chi connectivity index (χ1v) is 10.3. The average molecular weight is 330 g/mol. The summed E-state index contributed by atoms with van der Waals surface area (Å²) in [5.41, 5.74) is 0. The van der Waals surface area contributed by atoms with Gasteiger partial charge in [0, 0.05) is 12.5 Å². The lowest BCUT2D eigenvalue weighted by atomic mass is 10.2. The van der Waals surface area contributed by atoms with E-state index in [1.54, 1.807) is 13.8 Å². The van der Waals surface area contributed by atoms with E-state index in [1.165, 1.54) is 6.04 Å². The molecule has 0 aliphatic heterocycles. The summed E-state index contributed by atoms with van der Waals surface area (Å²) in [5.74, 6) is -0.391. The van der Waals surface area contributed by atoms with E-state index in [2.05, 4.69) is 42.2 Å². The van der Waals surface area contributed by atoms with Crippen LogP contribution in [0.4, 0.5) is 0 Å². The predicted molar refractivity (Wildman–Crippen MR) is 72.8 cm³/mol. The van der Waals surface area contributed by atoms with Gasteiger partial charge < -0.3 is 9.84 Å². The van der Waals surface area contributed by atoms with E-state index in [1.807, 2.05) is 0 Å². The molecular formula is C10H23IO2Si. The van der Waals surface area contributed by atoms with Crippen molar-refractivity contribution in [1.29, 1.82) is 0 Å². The second-order valence-electron chi connectivity index (χ2n) is 5.54. The van der Waals surface area contributed by atoms with Gasteiger partial charge in [-0.1, -0.05) is 48.3 Å². The number of aliphatic hydroxyl groups is 1. The second kappa shape index (κ2) is 5.82. The summed E-state index contributed by atoms with van der Waals surface area (Å²) in [6.45, 7) is 11.2. The third kappa shape index (κ3) is 9.42. The second-order valence-corrected chi connectivity index (χ2v) is 12.0. The fraction of sp³-hybridized carbons (Fsp3) is 1.00. The lowest BCUT2D eigenvalue weighted by molar-refractivity contribution is -0.181. The molecule has 0 heterocycles. The fourth-order valence-electron chi connectivity index (χ4n) is 1.35. The first kappa shape index (κ1) is 14.9. The van der Waals surface area contributed by atoms with Crippen molar-refractivity contribution in [3.05, 3.63) is 0 Å². The number of ether oxygens (including phenoxy) is 1. The van der Waals surface area contributed by atoms with E-state index in [4.69, 9.17) is 4.74 Å². The number of hydrogen-bond donors (Lipinski definition) is 1. The molecule has 4 heteroatoms. The highest BCUT2D eigenvalue weighted by Crippen LogP contribution is 2.20. The highest BCUT2D eigenvalue weighted by molar-refractivity contribution is 14.1. The normalized spacial score (nSPS) is 15.6. The van der Waals surface area contributed by atoms with Crippen molar-refractivity contribution in [2.24, 2.45) is 5.92 Å². The lowest BCUT2D eigenvalue weighted by Crippen LogP contribution is -2.31. The van der Waals surface area contributed by atoms with Gasteiger partial charge in [-0.15, -0.1) is 0 Å². The van der Waals surface area contributed by atoms with Crippen LogP contribution in [0.25, 0.3) is 0 Å². The van der Waals surface area contributed by atoms with E-state index >= 15 is 0 Å². The van der Waals surface area contributed by atoms with Gasteiger partial charge in [0.2, 0.25) is 0 Å². The number of alkyl halides is 1. The van der Waals surface area contributed by atoms with Gasteiger partial charge in [-0.2, -0.15) is 0 Å². The molecular weight excluding hydrogens is 307 g/mol. The summed E-state index contributed by atoms with van der Waals surface area (Å²) < 4.78 is 6.51. The Bertz CT molecular complexity index is 160. The third-order valence-corrected chi connectivity index (χ3v) is 4.84. The van der Waals surface area contributed by atoms with Gasteiger partial charge in [0.15, 0.2) is 5.79 Å². The van der Waals surface area contributed by atoms with Crippen LogP contribution in [0.5, 0.6) is 0 Å². The molecule has 0 bridgehead atoms. The Labute approximate surface area is 103 Å². The highest BCUT2D eigenvalue weighted by Gasteiger charge is 2.22. The highest BCUT2D eigenvalue weighted by atomic mass is 127. The topological polar surface area (TPSA) is 29.5 Å². The van der Waals surface area contributed by atoms with E-state index < -0.39 is 13.9 Å². The van der Waals surface area contributed by atoms with Crippen molar-refractivity contribution in [2.45, 2.75) is 45.3 Å². The van der Waals surface area contributed by atoms with Crippen LogP contribution in [-0.2, 0) is 4.74 Å². The van der Waals surface area contributed by atoms with Gasteiger partial charge in [-0.3, -0.25) is 0 Å². The molecule has 2 nitrogen and oxygen atoms in total. The molecule has 0 saturated heterocycles. The molecule has 0 aromatic heterocycles. The zero-order valence-corrected chi connectivity index (χ0v) is 13.1. The molecule has 0 amide bonds. The van der Waals surface area contributed by atoms with Crippen LogP contribution < -0.4 is 0 Å². The van der Waals surface area contributed by atoms with Gasteiger partial charge in [0.05, 0.1) is 6.61 Å². The first-order chi connectivity index (χ1) is 6.14. The Balaban J connectivity index is 3.93. The van der Waals surface area contributed by atoms with Crippen LogP contribution in [-0.4, -0.2) is 30.0 Å². The molecule has 86 valence electrons. The summed E-state index contributed by atoms with van der Waals surface area (Å²) >= 11 is 2.40. The maximum atomic E-state index is 9.45. The molecule has 0 saturated carbocycles. The SMILES string of the molecule is CC(C)(O)OCC(CI)C[Si](C)(C)C. The van der Waals surface area contributed by atoms with Crippen LogP contribution in [0.2, 0.25) is 25.7 Å². The minimum absolute atomic E-state index is 0.591. The maximum absolute atomic E-state index is 9.45. The molecule has 14 heavy (non-hydrogen) atoms. The van der Waals surface area contributed by atoms with Crippen molar-refractivity contribution < 1.29 is 9.84 Å². The lowest BCUT2D eigenvalue weighted by Gasteiger charge is -2.26. The summed E-state index contributed by atoms with van der Waals surface area (Å²) in [6.07, 6.45) is 0. The molecule has 1 unspecified atom stereocenters. The van der Waals surface area contributed by atoms with Crippen molar-refractivity contribution in [2.75, 3.05) is 11.0 Å². The Morgan fingerprint density at radius 3 is 2.14 bits per heavy atom. The minimum Gasteiger partial charge on any atom is -0.366 e. The molecule has 0 rings (SSSR count). The molecule has 0 aliphatic carbocycles. The Hall–Kier alpha value is 0.867. The zero-order chi connectivity index (χ0) is 11.4. The third-order valence-electron chi connectivity index (χ3n) is 1.79. The number of hydrogen-bond acceptors (Lipinski definition) is 2. The van der Waals surface area contributed by atoms with Crippen molar-refractivity contribution in [3.63, 3.8) is 0 Å². The molecule has 1 atom stereocenters. The van der Waals surface area contributed by atoms with Crippen LogP contribution in [0.1, 0.15) is 13.8 Å². The largest absolute Gasteiger partial charge is 0.366 e. The van der Waals surface area contributed by atoms with Crippen LogP contribution in [0.15, 0.2) is 0 Å². The summed E-state index contributed by atoms with van der Waals surface area (Å²) in [4.78, 5) is 0. The molecule has 0 radical (unpaired) electrons. The van der Waals surface area contributed by atoms with Crippen molar-refractivity contribution >= 4 is 30.7 Å². The zero-order valence-electron chi connectivity index (χ0n) is 9.93. The predicted octanol–water partition coefficient (Wildman–Crippen LogP) is 3.12.